The number of amides is 1. The first kappa shape index (κ1) is 20.2. The van der Waals surface area contributed by atoms with Gasteiger partial charge < -0.3 is 19.3 Å². The minimum absolute atomic E-state index is 0.0314. The fourth-order valence-corrected chi connectivity index (χ4v) is 4.08. The van der Waals surface area contributed by atoms with E-state index in [4.69, 9.17) is 9.26 Å². The molecule has 1 aromatic rings. The molecule has 1 amide bonds. The summed E-state index contributed by atoms with van der Waals surface area (Å²) in [5, 5.41) is 2.50. The Bertz CT molecular complexity index is 591. The summed E-state index contributed by atoms with van der Waals surface area (Å²) in [6, 6.07) is 9.20. The van der Waals surface area contributed by atoms with Gasteiger partial charge in [-0.25, -0.2) is 4.79 Å². The molecule has 7 nitrogen and oxygen atoms in total. The van der Waals surface area contributed by atoms with Crippen LogP contribution in [0.2, 0.25) is 0 Å². The van der Waals surface area contributed by atoms with Crippen molar-refractivity contribution < 1.29 is 28.2 Å². The van der Waals surface area contributed by atoms with Crippen molar-refractivity contribution in [1.29, 1.82) is 0 Å². The van der Waals surface area contributed by atoms with E-state index in [0.717, 1.165) is 5.56 Å². The van der Waals surface area contributed by atoms with Crippen molar-refractivity contribution in [3.05, 3.63) is 35.9 Å². The lowest BCUT2D eigenvalue weighted by Crippen LogP contribution is -2.35. The SMILES string of the molecule is COC(=O)C(C)CP(=O)(OC)C(C)NC(=O)OCc1ccccc1. The third-order valence-electron chi connectivity index (χ3n) is 3.57. The summed E-state index contributed by atoms with van der Waals surface area (Å²) in [6.45, 7) is 3.26. The van der Waals surface area contributed by atoms with E-state index in [1.54, 1.807) is 13.8 Å². The van der Waals surface area contributed by atoms with E-state index in [9.17, 15) is 14.2 Å². The van der Waals surface area contributed by atoms with Gasteiger partial charge in [-0.1, -0.05) is 37.3 Å². The molecule has 24 heavy (non-hydrogen) atoms. The van der Waals surface area contributed by atoms with Crippen LogP contribution in [0, 0.1) is 5.92 Å². The molecule has 3 unspecified atom stereocenters. The second-order valence-electron chi connectivity index (χ2n) is 5.40. The standard InChI is InChI=1S/C16H24NO6P/c1-12(15(18)21-3)11-24(20,22-4)13(2)17-16(19)23-10-14-8-6-5-7-9-14/h5-9,12-13H,10-11H2,1-4H3,(H,17,19). The van der Waals surface area contributed by atoms with E-state index in [2.05, 4.69) is 10.1 Å². The van der Waals surface area contributed by atoms with Gasteiger partial charge in [0.2, 0.25) is 7.37 Å². The second-order valence-corrected chi connectivity index (χ2v) is 8.35. The van der Waals surface area contributed by atoms with E-state index in [1.165, 1.54) is 14.2 Å². The first-order chi connectivity index (χ1) is 11.3. The Kier molecular flexibility index (Phi) is 7.95. The Morgan fingerprint density at radius 2 is 1.79 bits per heavy atom. The molecular formula is C16H24NO6P. The van der Waals surface area contributed by atoms with Crippen LogP contribution in [0.25, 0.3) is 0 Å². The summed E-state index contributed by atoms with van der Waals surface area (Å²) in [4.78, 5) is 23.4. The fraction of sp³-hybridized carbons (Fsp3) is 0.500. The predicted octanol–water partition coefficient (Wildman–Crippen LogP) is 2.99. The van der Waals surface area contributed by atoms with E-state index in [-0.39, 0.29) is 12.8 Å². The Hall–Kier alpha value is -1.85. The van der Waals surface area contributed by atoms with Crippen LogP contribution in [-0.4, -0.2) is 38.2 Å². The zero-order valence-electron chi connectivity index (χ0n) is 14.4. The molecule has 1 aromatic carbocycles. The first-order valence-corrected chi connectivity index (χ1v) is 9.39. The van der Waals surface area contributed by atoms with Gasteiger partial charge in [0.25, 0.3) is 0 Å². The van der Waals surface area contributed by atoms with Crippen molar-refractivity contribution in [3.63, 3.8) is 0 Å². The minimum Gasteiger partial charge on any atom is -0.469 e. The zero-order chi connectivity index (χ0) is 18.2. The number of carbonyl (C=O) groups is 2. The molecule has 1 N–H and O–H groups in total. The third kappa shape index (κ3) is 5.98. The quantitative estimate of drug-likeness (QED) is 0.568. The highest BCUT2D eigenvalue weighted by Crippen LogP contribution is 2.51. The molecule has 8 heteroatoms. The zero-order valence-corrected chi connectivity index (χ0v) is 15.2. The van der Waals surface area contributed by atoms with Gasteiger partial charge in [0, 0.05) is 13.3 Å². The number of esters is 1. The van der Waals surface area contributed by atoms with E-state index in [0.29, 0.717) is 0 Å². The number of benzene rings is 1. The Morgan fingerprint density at radius 3 is 2.33 bits per heavy atom. The molecule has 0 fully saturated rings. The molecule has 0 aliphatic heterocycles. The Morgan fingerprint density at radius 1 is 1.17 bits per heavy atom. The van der Waals surface area contributed by atoms with Gasteiger partial charge in [0.05, 0.1) is 13.0 Å². The molecule has 0 radical (unpaired) electrons. The maximum absolute atomic E-state index is 12.8. The van der Waals surface area contributed by atoms with Gasteiger partial charge in [-0.3, -0.25) is 9.36 Å². The maximum atomic E-state index is 12.8. The number of nitrogens with one attached hydrogen (secondary N) is 1. The largest absolute Gasteiger partial charge is 0.469 e. The molecule has 0 bridgehead atoms. The number of carbonyl (C=O) groups excluding carboxylic acids is 2. The van der Waals surface area contributed by atoms with Crippen LogP contribution in [0.15, 0.2) is 30.3 Å². The number of hydrogen-bond acceptors (Lipinski definition) is 6. The highest BCUT2D eigenvalue weighted by molar-refractivity contribution is 7.59. The monoisotopic (exact) mass is 357 g/mol. The van der Waals surface area contributed by atoms with Crippen LogP contribution in [-0.2, 0) is 30.0 Å². The molecule has 1 rings (SSSR count). The van der Waals surface area contributed by atoms with Crippen LogP contribution in [0.5, 0.6) is 0 Å². The molecule has 0 aromatic heterocycles. The van der Waals surface area contributed by atoms with Crippen LogP contribution in [0.3, 0.4) is 0 Å². The lowest BCUT2D eigenvalue weighted by Gasteiger charge is -2.25. The van der Waals surface area contributed by atoms with Crippen molar-refractivity contribution in [2.45, 2.75) is 26.2 Å². The molecule has 0 saturated carbocycles. The average molecular weight is 357 g/mol. The van der Waals surface area contributed by atoms with Gasteiger partial charge >= 0.3 is 12.1 Å². The molecule has 0 spiro atoms. The normalized spacial score (nSPS) is 15.7. The molecule has 0 heterocycles. The van der Waals surface area contributed by atoms with Crippen LogP contribution in [0.1, 0.15) is 19.4 Å². The van der Waals surface area contributed by atoms with Gasteiger partial charge in [-0.15, -0.1) is 0 Å². The molecule has 0 aliphatic carbocycles. The fourth-order valence-electron chi connectivity index (χ4n) is 2.08. The molecule has 0 aliphatic rings. The highest BCUT2D eigenvalue weighted by Gasteiger charge is 2.35. The summed E-state index contributed by atoms with van der Waals surface area (Å²) < 4.78 is 27.6. The van der Waals surface area contributed by atoms with E-state index < -0.39 is 31.1 Å². The van der Waals surface area contributed by atoms with Crippen LogP contribution >= 0.6 is 7.37 Å². The Balaban J connectivity index is 2.59. The number of methoxy groups -OCH3 is 1. The third-order valence-corrected chi connectivity index (χ3v) is 6.55. The van der Waals surface area contributed by atoms with Crippen LogP contribution < -0.4 is 5.32 Å². The summed E-state index contributed by atoms with van der Waals surface area (Å²) in [5.74, 6) is -1.88. The predicted molar refractivity (Wildman–Crippen MR) is 89.9 cm³/mol. The molecular weight excluding hydrogens is 333 g/mol. The van der Waals surface area contributed by atoms with Crippen molar-refractivity contribution in [1.82, 2.24) is 5.32 Å². The van der Waals surface area contributed by atoms with Crippen molar-refractivity contribution in [2.75, 3.05) is 20.4 Å². The van der Waals surface area contributed by atoms with Crippen molar-refractivity contribution in [2.24, 2.45) is 5.92 Å². The first-order valence-electron chi connectivity index (χ1n) is 7.52. The van der Waals surface area contributed by atoms with Crippen LogP contribution in [0.4, 0.5) is 4.79 Å². The number of alkyl carbamates (subject to hydrolysis) is 1. The maximum Gasteiger partial charge on any atom is 0.408 e. The smallest absolute Gasteiger partial charge is 0.408 e. The molecule has 0 saturated heterocycles. The lowest BCUT2D eigenvalue weighted by atomic mass is 10.2. The van der Waals surface area contributed by atoms with E-state index in [1.807, 2.05) is 30.3 Å². The van der Waals surface area contributed by atoms with Crippen molar-refractivity contribution in [3.8, 4) is 0 Å². The average Bonchev–Trinajstić information content (AvgIpc) is 2.59. The summed E-state index contributed by atoms with van der Waals surface area (Å²) in [5.41, 5.74) is 0.842. The summed E-state index contributed by atoms with van der Waals surface area (Å²) in [7, 11) is -0.724. The lowest BCUT2D eigenvalue weighted by molar-refractivity contribution is -0.144. The van der Waals surface area contributed by atoms with Crippen molar-refractivity contribution >= 4 is 19.4 Å². The van der Waals surface area contributed by atoms with Gasteiger partial charge in [0.15, 0.2) is 0 Å². The summed E-state index contributed by atoms with van der Waals surface area (Å²) >= 11 is 0. The topological polar surface area (TPSA) is 90.9 Å². The van der Waals surface area contributed by atoms with Gasteiger partial charge in [-0.05, 0) is 12.5 Å². The van der Waals surface area contributed by atoms with E-state index >= 15 is 0 Å². The molecule has 134 valence electrons. The minimum atomic E-state index is -3.28. The van der Waals surface area contributed by atoms with Gasteiger partial charge in [0.1, 0.15) is 12.4 Å². The highest BCUT2D eigenvalue weighted by atomic mass is 31.2. The number of rotatable bonds is 8. The number of ether oxygens (including phenoxy) is 2. The molecule has 3 atom stereocenters. The number of hydrogen-bond donors (Lipinski definition) is 1. The van der Waals surface area contributed by atoms with Gasteiger partial charge in [-0.2, -0.15) is 0 Å². The Labute approximate surface area is 142 Å². The second kappa shape index (κ2) is 9.45. The summed E-state index contributed by atoms with van der Waals surface area (Å²) in [6.07, 6.45) is -0.731.